The number of nitrogens with zero attached hydrogens (tertiary/aromatic N) is 1. The first-order valence-electron chi connectivity index (χ1n) is 5.86. The van der Waals surface area contributed by atoms with Gasteiger partial charge in [0, 0.05) is 25.2 Å². The monoisotopic (exact) mass is 199 g/mol. The summed E-state index contributed by atoms with van der Waals surface area (Å²) in [6.45, 7) is 3.04. The molecule has 1 atom stereocenters. The number of hydrogen-bond donors (Lipinski definition) is 1. The summed E-state index contributed by atoms with van der Waals surface area (Å²) in [5, 5.41) is 9.00. The summed E-state index contributed by atoms with van der Waals surface area (Å²) in [6.07, 6.45) is 6.34. The number of morpholine rings is 1. The van der Waals surface area contributed by atoms with Crippen molar-refractivity contribution in [3.05, 3.63) is 0 Å². The van der Waals surface area contributed by atoms with E-state index in [1.165, 1.54) is 25.7 Å². The van der Waals surface area contributed by atoms with Crippen molar-refractivity contribution in [2.45, 2.75) is 44.2 Å². The van der Waals surface area contributed by atoms with Crippen LogP contribution in [0.4, 0.5) is 0 Å². The predicted octanol–water partition coefficient (Wildman–Crippen LogP) is 1.01. The molecule has 3 heteroatoms. The highest BCUT2D eigenvalue weighted by Crippen LogP contribution is 2.27. The van der Waals surface area contributed by atoms with E-state index in [2.05, 4.69) is 4.90 Å². The topological polar surface area (TPSA) is 32.7 Å². The molecule has 1 saturated carbocycles. The van der Waals surface area contributed by atoms with E-state index < -0.39 is 0 Å². The Morgan fingerprint density at radius 1 is 1.29 bits per heavy atom. The van der Waals surface area contributed by atoms with Crippen LogP contribution in [-0.4, -0.2) is 48.5 Å². The molecule has 14 heavy (non-hydrogen) atoms. The Bertz CT molecular complexity index is 167. The Labute approximate surface area is 86.0 Å². The minimum atomic E-state index is 0.289. The highest BCUT2D eigenvalue weighted by molar-refractivity contribution is 4.84. The van der Waals surface area contributed by atoms with Crippen LogP contribution in [-0.2, 0) is 4.74 Å². The van der Waals surface area contributed by atoms with Gasteiger partial charge in [-0.2, -0.15) is 0 Å². The molecule has 2 aliphatic rings. The summed E-state index contributed by atoms with van der Waals surface area (Å²) in [7, 11) is 0. The smallest absolute Gasteiger partial charge is 0.0623 e. The van der Waals surface area contributed by atoms with Crippen LogP contribution in [0.25, 0.3) is 0 Å². The Morgan fingerprint density at radius 2 is 2.07 bits per heavy atom. The molecule has 1 N–H and O–H groups in total. The van der Waals surface area contributed by atoms with Crippen LogP contribution in [0.15, 0.2) is 0 Å². The molecule has 1 heterocycles. The average Bonchev–Trinajstić information content (AvgIpc) is 2.72. The van der Waals surface area contributed by atoms with E-state index in [-0.39, 0.29) is 6.61 Å². The van der Waals surface area contributed by atoms with Gasteiger partial charge in [0.25, 0.3) is 0 Å². The number of aliphatic hydroxyl groups is 1. The van der Waals surface area contributed by atoms with Crippen LogP contribution in [0.2, 0.25) is 0 Å². The fraction of sp³-hybridized carbons (Fsp3) is 1.00. The normalized spacial score (nSPS) is 31.1. The van der Waals surface area contributed by atoms with Crippen LogP contribution < -0.4 is 0 Å². The highest BCUT2D eigenvalue weighted by Gasteiger charge is 2.30. The van der Waals surface area contributed by atoms with Crippen molar-refractivity contribution < 1.29 is 9.84 Å². The number of aliphatic hydroxyl groups excluding tert-OH is 1. The molecule has 1 saturated heterocycles. The van der Waals surface area contributed by atoms with Crippen LogP contribution in [0.1, 0.15) is 32.1 Å². The summed E-state index contributed by atoms with van der Waals surface area (Å²) < 4.78 is 5.47. The maximum absolute atomic E-state index is 9.00. The lowest BCUT2D eigenvalue weighted by molar-refractivity contribution is -0.0349. The second-order valence-corrected chi connectivity index (χ2v) is 4.42. The lowest BCUT2D eigenvalue weighted by Crippen LogP contribution is -2.50. The van der Waals surface area contributed by atoms with Gasteiger partial charge in [0.1, 0.15) is 0 Å². The molecule has 0 aromatic carbocycles. The molecule has 1 aliphatic heterocycles. The molecule has 2 rings (SSSR count). The molecule has 0 aromatic rings. The van der Waals surface area contributed by atoms with E-state index in [9.17, 15) is 0 Å². The van der Waals surface area contributed by atoms with E-state index in [0.717, 1.165) is 32.2 Å². The number of hydrogen-bond acceptors (Lipinski definition) is 3. The van der Waals surface area contributed by atoms with Gasteiger partial charge in [0.05, 0.1) is 13.2 Å². The third-order valence-corrected chi connectivity index (χ3v) is 3.53. The van der Waals surface area contributed by atoms with E-state index >= 15 is 0 Å². The van der Waals surface area contributed by atoms with E-state index in [1.54, 1.807) is 0 Å². The average molecular weight is 199 g/mol. The molecule has 0 spiro atoms. The Hall–Kier alpha value is -0.120. The molecular weight excluding hydrogens is 178 g/mol. The Morgan fingerprint density at radius 3 is 2.79 bits per heavy atom. The second-order valence-electron chi connectivity index (χ2n) is 4.42. The maximum Gasteiger partial charge on any atom is 0.0623 e. The summed E-state index contributed by atoms with van der Waals surface area (Å²) in [4.78, 5) is 2.58. The Kier molecular flexibility index (Phi) is 3.79. The van der Waals surface area contributed by atoms with E-state index in [0.29, 0.717) is 6.04 Å². The van der Waals surface area contributed by atoms with Crippen molar-refractivity contribution >= 4 is 0 Å². The van der Waals surface area contributed by atoms with Crippen LogP contribution in [0, 0.1) is 0 Å². The van der Waals surface area contributed by atoms with Crippen molar-refractivity contribution in [2.24, 2.45) is 0 Å². The van der Waals surface area contributed by atoms with Crippen LogP contribution in [0.3, 0.4) is 0 Å². The summed E-state index contributed by atoms with van der Waals surface area (Å²) in [6, 6.07) is 1.24. The first kappa shape index (κ1) is 10.4. The SMILES string of the molecule is OCCC1COCCN1C1CCCC1. The maximum atomic E-state index is 9.00. The molecule has 0 bridgehead atoms. The summed E-state index contributed by atoms with van der Waals surface area (Å²) in [5.41, 5.74) is 0. The van der Waals surface area contributed by atoms with Crippen molar-refractivity contribution in [1.82, 2.24) is 4.90 Å². The largest absolute Gasteiger partial charge is 0.396 e. The van der Waals surface area contributed by atoms with Crippen molar-refractivity contribution in [1.29, 1.82) is 0 Å². The van der Waals surface area contributed by atoms with Gasteiger partial charge < -0.3 is 9.84 Å². The summed E-state index contributed by atoms with van der Waals surface area (Å²) >= 11 is 0. The zero-order valence-electron chi connectivity index (χ0n) is 8.82. The number of ether oxygens (including phenoxy) is 1. The zero-order valence-corrected chi connectivity index (χ0v) is 8.82. The first-order chi connectivity index (χ1) is 6.92. The molecule has 1 unspecified atom stereocenters. The highest BCUT2D eigenvalue weighted by atomic mass is 16.5. The lowest BCUT2D eigenvalue weighted by atomic mass is 10.1. The zero-order chi connectivity index (χ0) is 9.80. The molecule has 2 fully saturated rings. The molecule has 0 aromatic heterocycles. The third-order valence-electron chi connectivity index (χ3n) is 3.53. The van der Waals surface area contributed by atoms with Gasteiger partial charge >= 0.3 is 0 Å². The first-order valence-corrected chi connectivity index (χ1v) is 5.86. The van der Waals surface area contributed by atoms with Gasteiger partial charge in [0.2, 0.25) is 0 Å². The second kappa shape index (κ2) is 5.10. The summed E-state index contributed by atoms with van der Waals surface area (Å²) in [5.74, 6) is 0. The molecule has 0 radical (unpaired) electrons. The standard InChI is InChI=1S/C11H21NO2/c13-7-5-11-9-14-8-6-12(11)10-3-1-2-4-10/h10-11,13H,1-9H2. The van der Waals surface area contributed by atoms with Crippen molar-refractivity contribution in [3.63, 3.8) is 0 Å². The fourth-order valence-corrected chi connectivity index (χ4v) is 2.78. The van der Waals surface area contributed by atoms with Gasteiger partial charge in [-0.3, -0.25) is 4.90 Å². The van der Waals surface area contributed by atoms with Gasteiger partial charge in [-0.15, -0.1) is 0 Å². The van der Waals surface area contributed by atoms with E-state index in [4.69, 9.17) is 9.84 Å². The van der Waals surface area contributed by atoms with Crippen molar-refractivity contribution in [2.75, 3.05) is 26.4 Å². The van der Waals surface area contributed by atoms with E-state index in [1.807, 2.05) is 0 Å². The Balaban J connectivity index is 1.91. The fourth-order valence-electron chi connectivity index (χ4n) is 2.78. The molecule has 1 aliphatic carbocycles. The minimum absolute atomic E-state index is 0.289. The quantitative estimate of drug-likeness (QED) is 0.736. The number of rotatable bonds is 3. The molecular formula is C11H21NO2. The molecule has 3 nitrogen and oxygen atoms in total. The predicted molar refractivity (Wildman–Crippen MR) is 55.3 cm³/mol. The van der Waals surface area contributed by atoms with Gasteiger partial charge in [0.15, 0.2) is 0 Å². The lowest BCUT2D eigenvalue weighted by Gasteiger charge is -2.39. The van der Waals surface area contributed by atoms with Crippen LogP contribution in [0.5, 0.6) is 0 Å². The van der Waals surface area contributed by atoms with Gasteiger partial charge in [-0.1, -0.05) is 12.8 Å². The molecule has 0 amide bonds. The van der Waals surface area contributed by atoms with Crippen LogP contribution >= 0.6 is 0 Å². The molecule has 82 valence electrons. The van der Waals surface area contributed by atoms with Gasteiger partial charge in [-0.05, 0) is 19.3 Å². The minimum Gasteiger partial charge on any atom is -0.396 e. The third kappa shape index (κ3) is 2.27. The van der Waals surface area contributed by atoms with Crippen molar-refractivity contribution in [3.8, 4) is 0 Å². The van der Waals surface area contributed by atoms with Gasteiger partial charge in [-0.25, -0.2) is 0 Å².